The van der Waals surface area contributed by atoms with E-state index >= 15 is 0 Å². The highest BCUT2D eigenvalue weighted by Crippen LogP contribution is 2.28. The van der Waals surface area contributed by atoms with Gasteiger partial charge < -0.3 is 48.1 Å². The van der Waals surface area contributed by atoms with Crippen LogP contribution in [0.3, 0.4) is 0 Å². The van der Waals surface area contributed by atoms with Gasteiger partial charge in [0.1, 0.15) is 23.7 Å². The molecule has 1 aromatic heterocycles. The normalized spacial score (nSPS) is 17.1. The number of nitrogens with zero attached hydrogens (tertiary/aromatic N) is 3. The summed E-state index contributed by atoms with van der Waals surface area (Å²) < 4.78 is 0. The number of hydrogen-bond acceptors (Lipinski definition) is 10. The Hall–Kier alpha value is -4.25. The molecule has 1 saturated carbocycles. The number of likely N-dealkylation sites (tertiary alicyclic amines) is 1. The summed E-state index contributed by atoms with van der Waals surface area (Å²) in [6.45, 7) is 6.60. The first-order valence-corrected chi connectivity index (χ1v) is 20.6. The van der Waals surface area contributed by atoms with Crippen LogP contribution in [0.4, 0.5) is 10.6 Å². The molecular formula is C41H66Cl2N10O6. The number of piperidine rings is 1. The van der Waals surface area contributed by atoms with E-state index < -0.39 is 42.0 Å². The Labute approximate surface area is 360 Å². The fraction of sp³-hybridized carbons (Fsp3) is 0.634. The summed E-state index contributed by atoms with van der Waals surface area (Å²) in [7, 11) is 0. The van der Waals surface area contributed by atoms with E-state index in [0.717, 1.165) is 37.7 Å². The predicted octanol–water partition coefficient (Wildman–Crippen LogP) is 2.81. The highest BCUT2D eigenvalue weighted by molar-refractivity contribution is 5.89. The van der Waals surface area contributed by atoms with Gasteiger partial charge in [-0.3, -0.25) is 19.2 Å². The molecule has 16 nitrogen and oxygen atoms in total. The van der Waals surface area contributed by atoms with E-state index in [2.05, 4.69) is 36.6 Å². The van der Waals surface area contributed by atoms with E-state index in [4.69, 9.17) is 11.5 Å². The third-order valence-corrected chi connectivity index (χ3v) is 11.2. The molecular weight excluding hydrogens is 799 g/mol. The average molecular weight is 866 g/mol. The minimum absolute atomic E-state index is 0. The van der Waals surface area contributed by atoms with Crippen molar-refractivity contribution in [3.05, 3.63) is 53.5 Å². The predicted molar refractivity (Wildman–Crippen MR) is 232 cm³/mol. The van der Waals surface area contributed by atoms with Crippen LogP contribution < -0.4 is 38.1 Å². The zero-order valence-corrected chi connectivity index (χ0v) is 36.3. The van der Waals surface area contributed by atoms with Crippen LogP contribution in [-0.2, 0) is 32.1 Å². The summed E-state index contributed by atoms with van der Waals surface area (Å²) in [5, 5.41) is 25.7. The van der Waals surface area contributed by atoms with Gasteiger partial charge in [0.2, 0.25) is 23.6 Å². The maximum Gasteiger partial charge on any atom is 0.318 e. The van der Waals surface area contributed by atoms with Gasteiger partial charge in [-0.15, -0.1) is 24.8 Å². The number of benzene rings is 1. The van der Waals surface area contributed by atoms with Crippen LogP contribution in [0.1, 0.15) is 101 Å². The smallest absolute Gasteiger partial charge is 0.318 e. The topological polar surface area (TPSA) is 247 Å². The van der Waals surface area contributed by atoms with E-state index in [-0.39, 0.29) is 92.8 Å². The van der Waals surface area contributed by atoms with Crippen molar-refractivity contribution in [2.45, 2.75) is 135 Å². The van der Waals surface area contributed by atoms with Crippen molar-refractivity contribution < 1.29 is 29.1 Å². The average Bonchev–Trinajstić information content (AvgIpc) is 3.19. The number of nitrogen functional groups attached to an aromatic ring is 1. The fourth-order valence-electron chi connectivity index (χ4n) is 7.40. The Morgan fingerprint density at radius 1 is 0.915 bits per heavy atom. The van der Waals surface area contributed by atoms with Gasteiger partial charge in [0.05, 0.1) is 18.6 Å². The van der Waals surface area contributed by atoms with Crippen molar-refractivity contribution >= 4 is 60.3 Å². The first-order valence-electron chi connectivity index (χ1n) is 20.6. The van der Waals surface area contributed by atoms with Crippen LogP contribution in [0.15, 0.2) is 36.5 Å². The molecule has 0 spiro atoms. The van der Waals surface area contributed by atoms with Gasteiger partial charge in [0, 0.05) is 56.8 Å². The van der Waals surface area contributed by atoms with Crippen LogP contribution >= 0.6 is 24.8 Å². The standard InChI is InChI=1S/C41H64N10O6.2ClH/c1-4-26(2)37(40(56)46-25-30-24-45-27(3)47-38(30)43)50-36(54)23-34(52)32(21-28-11-7-5-8-12-28)48-35(53)15-18-44-39(55)33(22-29-13-9-6-10-14-29)49-41(57)51-19-16-31(42)17-20-51;;/h6,9-10,13-14,24,26,28,31-34,37,52H,4-5,7-8,11-12,15-23,25,42H2,1-3H3,(H,44,55)(H,46,56)(H,48,53)(H,49,57)(H,50,54)(H2,43,45,47);2*1H/t26-,32-,33-,34-,37-;;/m0../s1. The number of aliphatic hydroxyl groups excluding tert-OH is 1. The van der Waals surface area contributed by atoms with Gasteiger partial charge in [-0.05, 0) is 43.6 Å². The van der Waals surface area contributed by atoms with Gasteiger partial charge >= 0.3 is 6.03 Å². The Bertz CT molecular complexity index is 1630. The molecule has 1 aromatic carbocycles. The quantitative estimate of drug-likeness (QED) is 0.103. The number of aromatic nitrogens is 2. The van der Waals surface area contributed by atoms with E-state index in [1.54, 1.807) is 18.0 Å². The van der Waals surface area contributed by atoms with Crippen molar-refractivity contribution in [1.29, 1.82) is 0 Å². The zero-order valence-electron chi connectivity index (χ0n) is 34.6. The van der Waals surface area contributed by atoms with Crippen molar-refractivity contribution in [3.63, 3.8) is 0 Å². The summed E-state index contributed by atoms with van der Waals surface area (Å²) in [4.78, 5) is 76.5. The largest absolute Gasteiger partial charge is 0.390 e. The van der Waals surface area contributed by atoms with Gasteiger partial charge in [-0.1, -0.05) is 82.7 Å². The number of hydrogen-bond donors (Lipinski definition) is 8. The second-order valence-corrected chi connectivity index (χ2v) is 15.7. The number of halogens is 2. The molecule has 59 heavy (non-hydrogen) atoms. The molecule has 1 aliphatic heterocycles. The summed E-state index contributed by atoms with van der Waals surface area (Å²) in [6.07, 6.45) is 7.89. The lowest BCUT2D eigenvalue weighted by atomic mass is 9.83. The maximum atomic E-state index is 13.4. The third-order valence-electron chi connectivity index (χ3n) is 11.2. The molecule has 2 aromatic rings. The molecule has 10 N–H and O–H groups in total. The van der Waals surface area contributed by atoms with Crippen LogP contribution in [-0.4, -0.2) is 99.5 Å². The minimum atomic E-state index is -1.22. The lowest BCUT2D eigenvalue weighted by Gasteiger charge is -2.31. The second-order valence-electron chi connectivity index (χ2n) is 15.7. The van der Waals surface area contributed by atoms with Crippen LogP contribution in [0, 0.1) is 18.8 Å². The monoisotopic (exact) mass is 864 g/mol. The Kier molecular flexibility index (Phi) is 22.5. The molecule has 1 saturated heterocycles. The fourth-order valence-corrected chi connectivity index (χ4v) is 7.40. The first-order chi connectivity index (χ1) is 27.3. The maximum absolute atomic E-state index is 13.4. The number of anilines is 1. The van der Waals surface area contributed by atoms with Crippen LogP contribution in [0.2, 0.25) is 0 Å². The molecule has 18 heteroatoms. The molecule has 4 rings (SSSR count). The molecule has 2 heterocycles. The Morgan fingerprint density at radius 2 is 1.59 bits per heavy atom. The minimum Gasteiger partial charge on any atom is -0.390 e. The first kappa shape index (κ1) is 50.9. The molecule has 330 valence electrons. The SMILES string of the molecule is CC[C@H](C)[C@H](NC(=O)C[C@H](O)[C@H](CC1CCCCC1)NC(=O)CCNC(=O)[C@H](Cc1ccccc1)NC(=O)N1CCC(N)CC1)C(=O)NCc1cnc(C)nc1N.Cl.Cl. The van der Waals surface area contributed by atoms with Gasteiger partial charge in [0.25, 0.3) is 0 Å². The highest BCUT2D eigenvalue weighted by Gasteiger charge is 2.31. The molecule has 0 bridgehead atoms. The van der Waals surface area contributed by atoms with E-state index in [1.807, 2.05) is 44.2 Å². The number of rotatable bonds is 19. The van der Waals surface area contributed by atoms with Gasteiger partial charge in [0.15, 0.2) is 0 Å². The summed E-state index contributed by atoms with van der Waals surface area (Å²) in [6, 6.07) is 6.65. The zero-order chi connectivity index (χ0) is 41.3. The lowest BCUT2D eigenvalue weighted by Crippen LogP contribution is -2.54. The van der Waals surface area contributed by atoms with Crippen LogP contribution in [0.5, 0.6) is 0 Å². The van der Waals surface area contributed by atoms with E-state index in [1.165, 1.54) is 0 Å². The number of nitrogens with two attached hydrogens (primary N) is 2. The number of nitrogens with one attached hydrogen (secondary N) is 5. The van der Waals surface area contributed by atoms with Crippen LogP contribution in [0.25, 0.3) is 0 Å². The van der Waals surface area contributed by atoms with E-state index in [9.17, 15) is 29.1 Å². The second kappa shape index (κ2) is 26.1. The lowest BCUT2D eigenvalue weighted by molar-refractivity contribution is -0.132. The summed E-state index contributed by atoms with van der Waals surface area (Å²) in [5.41, 5.74) is 13.4. The number of carbonyl (C=O) groups is 5. The van der Waals surface area contributed by atoms with Crippen molar-refractivity contribution in [2.75, 3.05) is 25.4 Å². The molecule has 1 aliphatic carbocycles. The summed E-state index contributed by atoms with van der Waals surface area (Å²) >= 11 is 0. The molecule has 2 fully saturated rings. The Morgan fingerprint density at radius 3 is 2.24 bits per heavy atom. The molecule has 0 unspecified atom stereocenters. The molecule has 6 amide bonds. The number of aryl methyl sites for hydroxylation is 1. The van der Waals surface area contributed by atoms with Crippen molar-refractivity contribution in [2.24, 2.45) is 17.6 Å². The molecule has 0 radical (unpaired) electrons. The van der Waals surface area contributed by atoms with Crippen molar-refractivity contribution in [3.8, 4) is 0 Å². The molecule has 5 atom stereocenters. The van der Waals surface area contributed by atoms with Gasteiger partial charge in [-0.25, -0.2) is 14.8 Å². The van der Waals surface area contributed by atoms with E-state index in [0.29, 0.717) is 50.2 Å². The van der Waals surface area contributed by atoms with Crippen molar-refractivity contribution in [1.82, 2.24) is 41.5 Å². The number of amides is 6. The number of aliphatic hydroxyl groups is 1. The number of carbonyl (C=O) groups excluding carboxylic acids is 5. The highest BCUT2D eigenvalue weighted by atomic mass is 35.5. The third kappa shape index (κ3) is 17.1. The molecule has 2 aliphatic rings. The van der Waals surface area contributed by atoms with Gasteiger partial charge in [-0.2, -0.15) is 0 Å². The number of urea groups is 1. The summed E-state index contributed by atoms with van der Waals surface area (Å²) in [5.74, 6) is -0.886. The Balaban J connectivity index is 0.00000600.